The van der Waals surface area contributed by atoms with Crippen molar-refractivity contribution >= 4 is 50.7 Å². The molecule has 7 rings (SSSR count). The fourth-order valence-electron chi connectivity index (χ4n) is 5.59. The normalized spacial score (nSPS) is 15.3. The van der Waals surface area contributed by atoms with Crippen LogP contribution in [-0.4, -0.2) is 47.6 Å². The quantitative estimate of drug-likeness (QED) is 0.206. The molecule has 0 bridgehead atoms. The molecule has 1 aliphatic heterocycles. The molecule has 1 fully saturated rings. The lowest BCUT2D eigenvalue weighted by Crippen LogP contribution is -2.41. The Balaban J connectivity index is 0.000000158. The number of benzene rings is 2. The third-order valence-corrected chi connectivity index (χ3v) is 9.99. The van der Waals surface area contributed by atoms with Crippen molar-refractivity contribution in [2.45, 2.75) is 77.8 Å². The van der Waals surface area contributed by atoms with Gasteiger partial charge in [0, 0.05) is 54.5 Å². The van der Waals surface area contributed by atoms with Gasteiger partial charge in [-0.1, -0.05) is 12.1 Å². The summed E-state index contributed by atoms with van der Waals surface area (Å²) in [7, 11) is 2.91. The lowest BCUT2D eigenvalue weighted by molar-refractivity contribution is 0.00578. The van der Waals surface area contributed by atoms with E-state index in [1.807, 2.05) is 52.0 Å². The third-order valence-electron chi connectivity index (χ3n) is 9.36. The number of hydrogen-bond donors (Lipinski definition) is 2. The molecule has 0 saturated carbocycles. The summed E-state index contributed by atoms with van der Waals surface area (Å²) in [4.78, 5) is 31.1. The zero-order valence-corrected chi connectivity index (χ0v) is 32.6. The summed E-state index contributed by atoms with van der Waals surface area (Å²) in [6, 6.07) is 14.6. The first-order chi connectivity index (χ1) is 24.1. The van der Waals surface area contributed by atoms with E-state index in [-0.39, 0.29) is 17.0 Å². The third kappa shape index (κ3) is 8.01. The Labute approximate surface area is 310 Å². The second-order valence-corrected chi connectivity index (χ2v) is 15.6. The number of nitrogens with zero attached hydrogens (tertiary/aromatic N) is 4. The molecule has 2 N–H and O–H groups in total. The molecular weight excluding hydrogens is 731 g/mol. The number of halogens is 1. The number of aryl methyl sites for hydroxylation is 2. The average Bonchev–Trinajstić information content (AvgIpc) is 3.60. The largest absolute Gasteiger partial charge is 0.494 e. The lowest BCUT2D eigenvalue weighted by Gasteiger charge is -2.32. The van der Waals surface area contributed by atoms with E-state index in [1.54, 1.807) is 90.8 Å². The van der Waals surface area contributed by atoms with Crippen molar-refractivity contribution in [2.24, 2.45) is 14.1 Å². The Bertz CT molecular complexity index is 2330. The van der Waals surface area contributed by atoms with Crippen molar-refractivity contribution in [3.63, 3.8) is 0 Å². The molecule has 2 aromatic carbocycles. The smallest absolute Gasteiger partial charge is 0.408 e. The monoisotopic (exact) mass is 774 g/mol. The highest BCUT2D eigenvalue weighted by Crippen LogP contribution is 2.37. The molecule has 0 unspecified atom stereocenters. The summed E-state index contributed by atoms with van der Waals surface area (Å²) in [6.07, 6.45) is 6.71. The van der Waals surface area contributed by atoms with Crippen LogP contribution in [0, 0.1) is 0 Å². The molecule has 1 saturated heterocycles. The number of oxazole rings is 2. The van der Waals surface area contributed by atoms with Gasteiger partial charge in [-0.25, -0.2) is 9.59 Å². The van der Waals surface area contributed by atoms with E-state index < -0.39 is 24.1 Å². The highest BCUT2D eigenvalue weighted by Gasteiger charge is 2.51. The molecule has 0 amide bonds. The molecule has 0 atom stereocenters. The van der Waals surface area contributed by atoms with Gasteiger partial charge in [0.2, 0.25) is 0 Å². The van der Waals surface area contributed by atoms with E-state index in [0.29, 0.717) is 16.7 Å². The molecule has 0 aliphatic carbocycles. The first kappa shape index (κ1) is 38.9. The van der Waals surface area contributed by atoms with E-state index in [2.05, 4.69) is 25.9 Å². The van der Waals surface area contributed by atoms with E-state index >= 15 is 0 Å². The molecule has 274 valence electrons. The van der Waals surface area contributed by atoms with Crippen LogP contribution < -0.4 is 17.0 Å². The van der Waals surface area contributed by atoms with Gasteiger partial charge in [-0.15, -0.1) is 0 Å². The second-order valence-electron chi connectivity index (χ2n) is 14.7. The van der Waals surface area contributed by atoms with Gasteiger partial charge < -0.3 is 28.4 Å². The van der Waals surface area contributed by atoms with E-state index in [1.165, 1.54) is 9.13 Å². The first-order valence-electron chi connectivity index (χ1n) is 16.6. The predicted octanol–water partition coefficient (Wildman–Crippen LogP) is 5.92. The minimum absolute atomic E-state index is 0.369. The maximum atomic E-state index is 11.6. The Morgan fingerprint density at radius 2 is 1.19 bits per heavy atom. The zero-order chi connectivity index (χ0) is 38.4. The van der Waals surface area contributed by atoms with E-state index in [4.69, 9.17) is 18.1 Å². The van der Waals surface area contributed by atoms with Crippen molar-refractivity contribution in [2.75, 3.05) is 0 Å². The number of hydrogen-bond acceptors (Lipinski definition) is 10. The van der Waals surface area contributed by atoms with Crippen LogP contribution in [0.2, 0.25) is 0 Å². The molecule has 12 nitrogen and oxygen atoms in total. The number of pyridine rings is 2. The molecule has 52 heavy (non-hydrogen) atoms. The summed E-state index contributed by atoms with van der Waals surface area (Å²) < 4.78 is 26.0. The second kappa shape index (κ2) is 14.2. The average molecular weight is 776 g/mol. The molecule has 0 radical (unpaired) electrons. The Kier molecular flexibility index (Phi) is 10.6. The molecular formula is C38H44BBrN4O8. The van der Waals surface area contributed by atoms with Crippen LogP contribution in [0.5, 0.6) is 0 Å². The standard InChI is InChI=1S/C16H16N2O3.C14H18BNO4.C8H10BrNO/c1-16(2,20)12-6-7-17-9-11(12)10-4-5-14-13(8-10)18(3)15(19)21-14;1-13(2)14(3,4)20-15(19-13)9-6-7-11-10(8-9)16(5)12(17)18-11;1-8(2,11)6-3-4-10-5-7(6)9/h4-9,20H,1-3H3;6-8H,1-5H3;3-5,11H,1-2H3. The lowest BCUT2D eigenvalue weighted by atomic mass is 9.79. The molecule has 5 heterocycles. The fraction of sp³-hybridized carbons (Fsp3) is 0.368. The summed E-state index contributed by atoms with van der Waals surface area (Å²) in [5.74, 6) is -0.762. The molecule has 4 aromatic heterocycles. The minimum atomic E-state index is -0.977. The van der Waals surface area contributed by atoms with Crippen molar-refractivity contribution in [1.29, 1.82) is 0 Å². The van der Waals surface area contributed by atoms with Crippen molar-refractivity contribution < 1.29 is 28.4 Å². The summed E-state index contributed by atoms with van der Waals surface area (Å²) in [5, 5.41) is 19.9. The van der Waals surface area contributed by atoms with Gasteiger partial charge in [0.15, 0.2) is 11.2 Å². The van der Waals surface area contributed by atoms with Crippen LogP contribution in [-0.2, 0) is 34.6 Å². The zero-order valence-electron chi connectivity index (χ0n) is 31.0. The fourth-order valence-corrected chi connectivity index (χ4v) is 6.33. The minimum Gasteiger partial charge on any atom is -0.408 e. The van der Waals surface area contributed by atoms with Gasteiger partial charge in [0.25, 0.3) is 0 Å². The van der Waals surface area contributed by atoms with Crippen LogP contribution in [0.15, 0.2) is 96.2 Å². The van der Waals surface area contributed by atoms with Gasteiger partial charge in [0.05, 0.1) is 33.4 Å². The Morgan fingerprint density at radius 3 is 1.69 bits per heavy atom. The summed E-state index contributed by atoms with van der Waals surface area (Å²) in [6.45, 7) is 15.0. The van der Waals surface area contributed by atoms with Gasteiger partial charge in [-0.05, 0) is 124 Å². The highest BCUT2D eigenvalue weighted by molar-refractivity contribution is 9.10. The Hall–Kier alpha value is -4.34. The number of fused-ring (bicyclic) bond motifs is 2. The Morgan fingerprint density at radius 1 is 0.712 bits per heavy atom. The van der Waals surface area contributed by atoms with Gasteiger partial charge in [0.1, 0.15) is 0 Å². The van der Waals surface area contributed by atoms with E-state index in [0.717, 1.165) is 37.7 Å². The summed E-state index contributed by atoms with van der Waals surface area (Å²) in [5.41, 5.74) is 4.25. The van der Waals surface area contributed by atoms with Crippen LogP contribution in [0.1, 0.15) is 66.5 Å². The molecule has 1 aliphatic rings. The summed E-state index contributed by atoms with van der Waals surface area (Å²) >= 11 is 3.31. The van der Waals surface area contributed by atoms with Crippen molar-refractivity contribution in [3.05, 3.63) is 110 Å². The maximum absolute atomic E-state index is 11.6. The van der Waals surface area contributed by atoms with Crippen LogP contribution >= 0.6 is 15.9 Å². The number of aromatic nitrogens is 4. The number of rotatable bonds is 4. The van der Waals surface area contributed by atoms with E-state index in [9.17, 15) is 19.8 Å². The van der Waals surface area contributed by atoms with Crippen LogP contribution in [0.3, 0.4) is 0 Å². The van der Waals surface area contributed by atoms with Gasteiger partial charge in [-0.3, -0.25) is 19.1 Å². The maximum Gasteiger partial charge on any atom is 0.494 e. The van der Waals surface area contributed by atoms with Crippen LogP contribution in [0.25, 0.3) is 33.3 Å². The van der Waals surface area contributed by atoms with Gasteiger partial charge in [-0.2, -0.15) is 0 Å². The topological polar surface area (TPSA) is 155 Å². The predicted molar refractivity (Wildman–Crippen MR) is 204 cm³/mol. The SMILES string of the molecule is CC(C)(O)c1ccncc1Br.Cn1c(=O)oc2ccc(-c3cnccc3C(C)(C)O)cc21.Cn1c(=O)oc2ccc(B3OC(C)(C)C(C)(C)O3)cc21. The number of aliphatic hydroxyl groups is 2. The molecule has 0 spiro atoms. The molecule has 14 heteroatoms. The molecule has 6 aromatic rings. The highest BCUT2D eigenvalue weighted by atomic mass is 79.9. The van der Waals surface area contributed by atoms with Gasteiger partial charge >= 0.3 is 18.6 Å². The first-order valence-corrected chi connectivity index (χ1v) is 17.4. The van der Waals surface area contributed by atoms with Crippen molar-refractivity contribution in [1.82, 2.24) is 19.1 Å². The van der Waals surface area contributed by atoms with Crippen LogP contribution in [0.4, 0.5) is 0 Å². The van der Waals surface area contributed by atoms with Crippen molar-refractivity contribution in [3.8, 4) is 11.1 Å².